The summed E-state index contributed by atoms with van der Waals surface area (Å²) < 4.78 is 0. The summed E-state index contributed by atoms with van der Waals surface area (Å²) in [7, 11) is 3.74. The van der Waals surface area contributed by atoms with Gasteiger partial charge in [0.25, 0.3) is 0 Å². The van der Waals surface area contributed by atoms with E-state index >= 15 is 0 Å². The molecule has 5 heteroatoms. The zero-order valence-electron chi connectivity index (χ0n) is 25.2. The smallest absolute Gasteiger partial charge is 0.228 e. The summed E-state index contributed by atoms with van der Waals surface area (Å²) in [6.07, 6.45) is 8.88. The van der Waals surface area contributed by atoms with Gasteiger partial charge in [0.1, 0.15) is 11.9 Å². The van der Waals surface area contributed by atoms with Crippen molar-refractivity contribution >= 4 is 17.5 Å². The second kappa shape index (κ2) is 8.05. The Kier molecular flexibility index (Phi) is 5.84. The molecule has 8 atom stereocenters. The van der Waals surface area contributed by atoms with Gasteiger partial charge in [-0.2, -0.15) is 5.26 Å². The van der Waals surface area contributed by atoms with E-state index in [1.807, 2.05) is 34.0 Å². The van der Waals surface area contributed by atoms with Crippen LogP contribution in [0.4, 0.5) is 0 Å². The Bertz CT molecular complexity index is 1170. The number of carbonyl (C=O) groups excluding carboxylic acids is 3. The molecule has 0 aromatic carbocycles. The molecule has 208 valence electrons. The molecule has 0 aromatic heterocycles. The van der Waals surface area contributed by atoms with Gasteiger partial charge in [-0.3, -0.25) is 14.4 Å². The van der Waals surface area contributed by atoms with Gasteiger partial charge in [-0.15, -0.1) is 0 Å². The van der Waals surface area contributed by atoms with Crippen LogP contribution in [0.3, 0.4) is 0 Å². The minimum Gasteiger partial charge on any atom is -0.348 e. The van der Waals surface area contributed by atoms with E-state index in [9.17, 15) is 19.6 Å². The number of nitrogens with zero attached hydrogens (tertiary/aromatic N) is 2. The van der Waals surface area contributed by atoms with Crippen LogP contribution in [0.1, 0.15) is 99.8 Å². The van der Waals surface area contributed by atoms with E-state index in [2.05, 4.69) is 40.7 Å². The summed E-state index contributed by atoms with van der Waals surface area (Å²) in [5.41, 5.74) is -1.41. The fraction of sp³-hybridized carbons (Fsp3) is 0.818. The van der Waals surface area contributed by atoms with E-state index in [4.69, 9.17) is 0 Å². The number of nitriles is 1. The van der Waals surface area contributed by atoms with Crippen LogP contribution in [0.2, 0.25) is 0 Å². The summed E-state index contributed by atoms with van der Waals surface area (Å²) in [5.74, 6) is 0.598. The first-order chi connectivity index (χ1) is 17.4. The number of rotatable bonds is 1. The first kappa shape index (κ1) is 27.6. The highest BCUT2D eigenvalue weighted by Gasteiger charge is 2.73. The van der Waals surface area contributed by atoms with Crippen molar-refractivity contribution in [3.8, 4) is 6.07 Å². The summed E-state index contributed by atoms with van der Waals surface area (Å²) in [6, 6.07) is 2.21. The molecule has 0 bridgehead atoms. The molecule has 5 aliphatic carbocycles. The van der Waals surface area contributed by atoms with Gasteiger partial charge in [-0.25, -0.2) is 0 Å². The molecule has 4 fully saturated rings. The first-order valence-electron chi connectivity index (χ1n) is 14.8. The maximum absolute atomic E-state index is 14.5. The molecule has 0 saturated heterocycles. The Morgan fingerprint density at radius 3 is 2.16 bits per heavy atom. The Morgan fingerprint density at radius 1 is 0.921 bits per heavy atom. The number of allylic oxidation sites excluding steroid dienone is 2. The Balaban J connectivity index is 1.65. The molecule has 0 heterocycles. The molecule has 5 rings (SSSR count). The molecule has 4 saturated carbocycles. The Morgan fingerprint density at radius 2 is 1.55 bits per heavy atom. The highest BCUT2D eigenvalue weighted by molar-refractivity contribution is 6.04. The second-order valence-corrected chi connectivity index (χ2v) is 16.0. The van der Waals surface area contributed by atoms with Crippen molar-refractivity contribution in [3.63, 3.8) is 0 Å². The number of hydrogen-bond acceptors (Lipinski definition) is 4. The van der Waals surface area contributed by atoms with Crippen LogP contribution in [0.15, 0.2) is 11.6 Å². The van der Waals surface area contributed by atoms with E-state index in [1.165, 1.54) is 0 Å². The molecule has 2 unspecified atom stereocenters. The predicted molar refractivity (Wildman–Crippen MR) is 148 cm³/mol. The SMILES string of the molecule is CN(C)C(=O)[C@]12CCC(C)(C)CC1C1C(=O)C[C@@H]3[C@@]4(C)C=C(C#N)C(=O)C(C)(C)[C@@H]4CC[C@@]3(C)[C@]1(C)CC2. The molecule has 0 radical (unpaired) electrons. The molecule has 5 nitrogen and oxygen atoms in total. The third-order valence-electron chi connectivity index (χ3n) is 13.3. The molecule has 0 aromatic rings. The Hall–Kier alpha value is -1.96. The number of amides is 1. The van der Waals surface area contributed by atoms with Crippen LogP contribution in [-0.2, 0) is 14.4 Å². The lowest BCUT2D eigenvalue weighted by Gasteiger charge is -2.71. The molecule has 0 N–H and O–H groups in total. The van der Waals surface area contributed by atoms with Gasteiger partial charge in [0.2, 0.25) is 5.91 Å². The molecule has 1 amide bonds. The van der Waals surface area contributed by atoms with Gasteiger partial charge >= 0.3 is 0 Å². The van der Waals surface area contributed by atoms with Crippen LogP contribution in [0.25, 0.3) is 0 Å². The number of hydrogen-bond donors (Lipinski definition) is 0. The van der Waals surface area contributed by atoms with Gasteiger partial charge in [0.15, 0.2) is 5.78 Å². The van der Waals surface area contributed by atoms with Gasteiger partial charge in [0.05, 0.1) is 11.0 Å². The summed E-state index contributed by atoms with van der Waals surface area (Å²) in [4.78, 5) is 43.4. The van der Waals surface area contributed by atoms with Crippen molar-refractivity contribution in [2.24, 2.45) is 56.2 Å². The van der Waals surface area contributed by atoms with Crippen LogP contribution >= 0.6 is 0 Å². The van der Waals surface area contributed by atoms with Crippen LogP contribution < -0.4 is 0 Å². The molecule has 0 spiro atoms. The lowest BCUT2D eigenvalue weighted by Crippen LogP contribution is -2.69. The average molecular weight is 521 g/mol. The maximum Gasteiger partial charge on any atom is 0.228 e. The van der Waals surface area contributed by atoms with E-state index in [-0.39, 0.29) is 62.6 Å². The van der Waals surface area contributed by atoms with Crippen LogP contribution in [-0.4, -0.2) is 36.5 Å². The standard InChI is InChI=1S/C33H48N2O3/c1-28(2)12-14-33(27(38)35(8)9)15-13-32(7)25(21(33)18-28)22(36)16-24-30(5)17-20(19-34)26(37)29(3,4)23(30)10-11-31(24,32)6/h17,21,23-25H,10-16,18H2,1-9H3/t21?,23-,24+,25?,30-,31+,32+,33-/m0/s1. The Labute approximate surface area is 229 Å². The normalized spacial score (nSPS) is 46.9. The second-order valence-electron chi connectivity index (χ2n) is 16.0. The predicted octanol–water partition coefficient (Wildman–Crippen LogP) is 6.37. The van der Waals surface area contributed by atoms with Crippen molar-refractivity contribution < 1.29 is 14.4 Å². The van der Waals surface area contributed by atoms with E-state index in [0.717, 1.165) is 44.9 Å². The largest absolute Gasteiger partial charge is 0.348 e. The molecule has 5 aliphatic rings. The number of fused-ring (bicyclic) bond motifs is 7. The van der Waals surface area contributed by atoms with Gasteiger partial charge < -0.3 is 4.90 Å². The van der Waals surface area contributed by atoms with Gasteiger partial charge in [-0.05, 0) is 84.4 Å². The van der Waals surface area contributed by atoms with Crippen molar-refractivity contribution in [2.75, 3.05) is 14.1 Å². The maximum atomic E-state index is 14.5. The van der Waals surface area contributed by atoms with Crippen molar-refractivity contribution in [3.05, 3.63) is 11.6 Å². The summed E-state index contributed by atoms with van der Waals surface area (Å²) in [6.45, 7) is 15.6. The zero-order valence-corrected chi connectivity index (χ0v) is 25.2. The zero-order chi connectivity index (χ0) is 28.3. The van der Waals surface area contributed by atoms with E-state index in [0.29, 0.717) is 12.2 Å². The quantitative estimate of drug-likeness (QED) is 0.402. The summed E-state index contributed by atoms with van der Waals surface area (Å²) >= 11 is 0. The molecule has 38 heavy (non-hydrogen) atoms. The van der Waals surface area contributed by atoms with Gasteiger partial charge in [-0.1, -0.05) is 54.5 Å². The summed E-state index contributed by atoms with van der Waals surface area (Å²) in [5, 5.41) is 9.91. The third-order valence-corrected chi connectivity index (χ3v) is 13.3. The lowest BCUT2D eigenvalue weighted by atomic mass is 9.31. The number of carbonyl (C=O) groups is 3. The molecular formula is C33H48N2O3. The van der Waals surface area contributed by atoms with Gasteiger partial charge in [0, 0.05) is 31.8 Å². The van der Waals surface area contributed by atoms with Crippen LogP contribution in [0.5, 0.6) is 0 Å². The first-order valence-corrected chi connectivity index (χ1v) is 14.8. The highest BCUT2D eigenvalue weighted by Crippen LogP contribution is 2.75. The third kappa shape index (κ3) is 3.24. The van der Waals surface area contributed by atoms with Crippen molar-refractivity contribution in [2.45, 2.75) is 99.8 Å². The fourth-order valence-corrected chi connectivity index (χ4v) is 11.1. The fourth-order valence-electron chi connectivity index (χ4n) is 11.1. The molecular weight excluding hydrogens is 472 g/mol. The van der Waals surface area contributed by atoms with E-state index in [1.54, 1.807) is 4.90 Å². The number of ketones is 2. The highest BCUT2D eigenvalue weighted by atomic mass is 16.2. The minimum absolute atomic E-state index is 0.0496. The van der Waals surface area contributed by atoms with Crippen molar-refractivity contribution in [1.29, 1.82) is 5.26 Å². The average Bonchev–Trinajstić information content (AvgIpc) is 2.82. The minimum atomic E-state index is -0.621. The topological polar surface area (TPSA) is 78.2 Å². The molecule has 0 aliphatic heterocycles. The van der Waals surface area contributed by atoms with E-state index < -0.39 is 10.8 Å². The van der Waals surface area contributed by atoms with Crippen LogP contribution in [0, 0.1) is 67.5 Å². The van der Waals surface area contributed by atoms with Crippen molar-refractivity contribution in [1.82, 2.24) is 4.90 Å². The lowest BCUT2D eigenvalue weighted by molar-refractivity contribution is -0.223. The monoisotopic (exact) mass is 520 g/mol. The number of Topliss-reactive ketones (excluding diaryl/α,β-unsaturated/α-hetero) is 2.